The van der Waals surface area contributed by atoms with Crippen molar-refractivity contribution in [3.8, 4) is 6.07 Å². The highest BCUT2D eigenvalue weighted by molar-refractivity contribution is 9.10. The Bertz CT molecular complexity index is 450. The summed E-state index contributed by atoms with van der Waals surface area (Å²) in [6.45, 7) is 3.33. The molecule has 0 bridgehead atoms. The van der Waals surface area contributed by atoms with E-state index in [1.54, 1.807) is 0 Å². The molecule has 0 heterocycles. The average molecular weight is 307 g/mol. The van der Waals surface area contributed by atoms with Gasteiger partial charge in [-0.05, 0) is 42.9 Å². The summed E-state index contributed by atoms with van der Waals surface area (Å²) in [6, 6.07) is 8.07. The van der Waals surface area contributed by atoms with Gasteiger partial charge >= 0.3 is 0 Å². The lowest BCUT2D eigenvalue weighted by Gasteiger charge is -2.27. The van der Waals surface area contributed by atoms with Gasteiger partial charge in [-0.25, -0.2) is 0 Å². The van der Waals surface area contributed by atoms with Gasteiger partial charge in [0.25, 0.3) is 0 Å². The molecule has 2 atom stereocenters. The molecule has 2 rings (SSSR count). The molecule has 96 valence electrons. The summed E-state index contributed by atoms with van der Waals surface area (Å²) in [6.07, 6.45) is 5.35. The molecule has 0 spiro atoms. The molecule has 3 heteroatoms. The summed E-state index contributed by atoms with van der Waals surface area (Å²) in [5, 5.41) is 12.5. The second-order valence-corrected chi connectivity index (χ2v) is 6.24. The lowest BCUT2D eigenvalue weighted by Crippen LogP contribution is -2.21. The maximum atomic E-state index is 9.11. The maximum absolute atomic E-state index is 9.11. The number of nitrogens with one attached hydrogen (secondary N) is 1. The molecule has 1 aliphatic rings. The predicted octanol–water partition coefficient (Wildman–Crippen LogP) is 4.56. The van der Waals surface area contributed by atoms with E-state index in [-0.39, 0.29) is 0 Å². The van der Waals surface area contributed by atoms with Crippen LogP contribution >= 0.6 is 15.9 Å². The Balaban J connectivity index is 1.96. The molecule has 1 saturated carbocycles. The van der Waals surface area contributed by atoms with Crippen molar-refractivity contribution in [2.45, 2.75) is 32.6 Å². The molecule has 0 saturated heterocycles. The lowest BCUT2D eigenvalue weighted by atomic mass is 9.82. The topological polar surface area (TPSA) is 35.8 Å². The van der Waals surface area contributed by atoms with Crippen molar-refractivity contribution >= 4 is 21.6 Å². The Morgan fingerprint density at radius 3 is 3.00 bits per heavy atom. The van der Waals surface area contributed by atoms with Gasteiger partial charge in [0.15, 0.2) is 0 Å². The van der Waals surface area contributed by atoms with Crippen molar-refractivity contribution < 1.29 is 0 Å². The summed E-state index contributed by atoms with van der Waals surface area (Å²) in [5.41, 5.74) is 1.67. The van der Waals surface area contributed by atoms with E-state index in [2.05, 4.69) is 34.2 Å². The molecule has 1 fully saturated rings. The van der Waals surface area contributed by atoms with Crippen LogP contribution in [-0.4, -0.2) is 6.54 Å². The maximum Gasteiger partial charge on any atom is 0.101 e. The number of anilines is 1. The van der Waals surface area contributed by atoms with Crippen molar-refractivity contribution in [1.82, 2.24) is 0 Å². The fraction of sp³-hybridized carbons (Fsp3) is 0.533. The molecular formula is C15H19BrN2. The predicted molar refractivity (Wildman–Crippen MR) is 78.5 cm³/mol. The van der Waals surface area contributed by atoms with Gasteiger partial charge in [-0.1, -0.05) is 35.7 Å². The zero-order chi connectivity index (χ0) is 13.0. The molecule has 1 aliphatic carbocycles. The summed E-state index contributed by atoms with van der Waals surface area (Å²) in [4.78, 5) is 0. The van der Waals surface area contributed by atoms with E-state index in [1.807, 2.05) is 18.2 Å². The van der Waals surface area contributed by atoms with Crippen LogP contribution in [0, 0.1) is 23.2 Å². The number of benzene rings is 1. The van der Waals surface area contributed by atoms with E-state index >= 15 is 0 Å². The third-order valence-electron chi connectivity index (χ3n) is 3.73. The molecule has 1 aromatic rings. The van der Waals surface area contributed by atoms with E-state index in [0.717, 1.165) is 28.5 Å². The Hall–Kier alpha value is -1.01. The molecule has 0 aromatic heterocycles. The van der Waals surface area contributed by atoms with E-state index < -0.39 is 0 Å². The Morgan fingerprint density at radius 2 is 2.28 bits per heavy atom. The number of nitrogens with zero attached hydrogens (tertiary/aromatic N) is 1. The van der Waals surface area contributed by atoms with Gasteiger partial charge in [-0.15, -0.1) is 0 Å². The molecule has 2 unspecified atom stereocenters. The third-order valence-corrected chi connectivity index (χ3v) is 4.22. The van der Waals surface area contributed by atoms with Gasteiger partial charge in [0.05, 0.1) is 11.3 Å². The third kappa shape index (κ3) is 3.49. The molecular weight excluding hydrogens is 288 g/mol. The van der Waals surface area contributed by atoms with Crippen molar-refractivity contribution in [1.29, 1.82) is 5.26 Å². The van der Waals surface area contributed by atoms with Crippen LogP contribution in [0.25, 0.3) is 0 Å². The minimum Gasteiger partial charge on any atom is -0.384 e. The molecule has 18 heavy (non-hydrogen) atoms. The Labute approximate surface area is 118 Å². The van der Waals surface area contributed by atoms with E-state index in [1.165, 1.54) is 25.7 Å². The zero-order valence-corrected chi connectivity index (χ0v) is 12.3. The van der Waals surface area contributed by atoms with Crippen molar-refractivity contribution in [2.75, 3.05) is 11.9 Å². The first-order chi connectivity index (χ1) is 8.69. The van der Waals surface area contributed by atoms with Crippen LogP contribution in [0.3, 0.4) is 0 Å². The average Bonchev–Trinajstić information content (AvgIpc) is 2.37. The summed E-state index contributed by atoms with van der Waals surface area (Å²) < 4.78 is 0.955. The van der Waals surface area contributed by atoms with Gasteiger partial charge < -0.3 is 5.32 Å². The molecule has 1 N–H and O–H groups in total. The fourth-order valence-electron chi connectivity index (χ4n) is 2.76. The first kappa shape index (κ1) is 13.4. The molecule has 0 radical (unpaired) electrons. The molecule has 0 aliphatic heterocycles. The minimum atomic E-state index is 0.716. The van der Waals surface area contributed by atoms with Crippen LogP contribution in [-0.2, 0) is 0 Å². The summed E-state index contributed by atoms with van der Waals surface area (Å²) in [5.74, 6) is 1.61. The van der Waals surface area contributed by atoms with Gasteiger partial charge in [0.2, 0.25) is 0 Å². The smallest absolute Gasteiger partial charge is 0.101 e. The van der Waals surface area contributed by atoms with Crippen LogP contribution in [0.1, 0.15) is 38.2 Å². The van der Waals surface area contributed by atoms with Crippen LogP contribution in [0.15, 0.2) is 22.7 Å². The van der Waals surface area contributed by atoms with Crippen LogP contribution in [0.4, 0.5) is 5.69 Å². The second kappa shape index (κ2) is 6.24. The number of nitriles is 1. The van der Waals surface area contributed by atoms with Gasteiger partial charge in [-0.2, -0.15) is 5.26 Å². The number of halogens is 1. The minimum absolute atomic E-state index is 0.716. The van der Waals surface area contributed by atoms with Gasteiger partial charge in [0.1, 0.15) is 6.07 Å². The van der Waals surface area contributed by atoms with Crippen molar-refractivity contribution in [3.63, 3.8) is 0 Å². The largest absolute Gasteiger partial charge is 0.384 e. The fourth-order valence-corrected chi connectivity index (χ4v) is 3.12. The van der Waals surface area contributed by atoms with E-state index in [9.17, 15) is 0 Å². The Morgan fingerprint density at radius 1 is 1.44 bits per heavy atom. The highest BCUT2D eigenvalue weighted by Crippen LogP contribution is 2.29. The zero-order valence-electron chi connectivity index (χ0n) is 10.7. The normalized spacial score (nSPS) is 23.4. The first-order valence-electron chi connectivity index (χ1n) is 6.62. The monoisotopic (exact) mass is 306 g/mol. The van der Waals surface area contributed by atoms with Crippen LogP contribution in [0.5, 0.6) is 0 Å². The van der Waals surface area contributed by atoms with E-state index in [0.29, 0.717) is 5.56 Å². The van der Waals surface area contributed by atoms with Crippen LogP contribution in [0.2, 0.25) is 0 Å². The lowest BCUT2D eigenvalue weighted by molar-refractivity contribution is 0.293. The SMILES string of the molecule is CC1CCCC(CNc2ccc(Br)cc2C#N)C1. The standard InChI is InChI=1S/C15H19BrN2/c1-11-3-2-4-12(7-11)10-18-15-6-5-14(16)8-13(15)9-17/h5-6,8,11-12,18H,2-4,7,10H2,1H3. The summed E-state index contributed by atoms with van der Waals surface area (Å²) >= 11 is 3.39. The number of hydrogen-bond donors (Lipinski definition) is 1. The summed E-state index contributed by atoms with van der Waals surface area (Å²) in [7, 11) is 0. The quantitative estimate of drug-likeness (QED) is 0.888. The molecule has 0 amide bonds. The van der Waals surface area contributed by atoms with Gasteiger partial charge in [0, 0.05) is 11.0 Å². The highest BCUT2D eigenvalue weighted by atomic mass is 79.9. The second-order valence-electron chi connectivity index (χ2n) is 5.32. The number of hydrogen-bond acceptors (Lipinski definition) is 2. The van der Waals surface area contributed by atoms with Gasteiger partial charge in [-0.3, -0.25) is 0 Å². The highest BCUT2D eigenvalue weighted by Gasteiger charge is 2.18. The van der Waals surface area contributed by atoms with Crippen molar-refractivity contribution in [3.05, 3.63) is 28.2 Å². The van der Waals surface area contributed by atoms with Crippen molar-refractivity contribution in [2.24, 2.45) is 11.8 Å². The molecule has 2 nitrogen and oxygen atoms in total. The van der Waals surface area contributed by atoms with E-state index in [4.69, 9.17) is 5.26 Å². The number of rotatable bonds is 3. The van der Waals surface area contributed by atoms with Crippen LogP contribution < -0.4 is 5.32 Å². The molecule has 1 aromatic carbocycles. The Kier molecular flexibility index (Phi) is 4.66. The first-order valence-corrected chi connectivity index (χ1v) is 7.42.